The molecule has 0 aliphatic heterocycles. The minimum Gasteiger partial charge on any atom is -0.389 e. The third-order valence-electron chi connectivity index (χ3n) is 6.59. The van der Waals surface area contributed by atoms with E-state index in [4.69, 9.17) is 0 Å². The molecular weight excluding hydrogens is 398 g/mol. The monoisotopic (exact) mass is 441 g/mol. The van der Waals surface area contributed by atoms with Crippen LogP contribution >= 0.6 is 0 Å². The molecule has 1 aromatic carbocycles. The number of nitrogens with one attached hydrogen (secondary N) is 1. The van der Waals surface area contributed by atoms with Crippen molar-refractivity contribution in [3.8, 4) is 0 Å². The van der Waals surface area contributed by atoms with E-state index < -0.39 is 0 Å². The number of unbranched alkanes of at least 4 members (excludes halogenated alkanes) is 5. The topological polar surface area (TPSA) is 66.4 Å². The highest BCUT2D eigenvalue weighted by Gasteiger charge is 2.32. The molecule has 4 nitrogen and oxygen atoms in total. The minimum atomic E-state index is -0.378. The Bertz CT molecular complexity index is 685. The predicted molar refractivity (Wildman–Crippen MR) is 131 cm³/mol. The molecule has 0 radical (unpaired) electrons. The zero-order chi connectivity index (χ0) is 23.0. The molecule has 1 aliphatic rings. The number of Topliss-reactive ketones (excluding diaryl/α,β-unsaturated/α-hetero) is 1. The molecule has 0 heterocycles. The summed E-state index contributed by atoms with van der Waals surface area (Å²) in [7, 11) is 0. The van der Waals surface area contributed by atoms with Crippen molar-refractivity contribution in [3.63, 3.8) is 0 Å². The Kier molecular flexibility index (Phi) is 13.0. The molecule has 1 amide bonds. The summed E-state index contributed by atoms with van der Waals surface area (Å²) in [5.74, 6) is 0.932. The van der Waals surface area contributed by atoms with Crippen LogP contribution in [0.2, 0.25) is 0 Å². The number of aliphatic hydroxyl groups excluding tert-OH is 1. The maximum absolute atomic E-state index is 12.3. The van der Waals surface area contributed by atoms with Crippen molar-refractivity contribution in [1.29, 1.82) is 0 Å². The number of hydrogen-bond donors (Lipinski definition) is 2. The maximum Gasteiger partial charge on any atom is 0.220 e. The number of hydrogen-bond acceptors (Lipinski definition) is 3. The number of allylic oxidation sites excluding steroid dienone is 1. The Morgan fingerprint density at radius 1 is 1.12 bits per heavy atom. The lowest BCUT2D eigenvalue weighted by Gasteiger charge is -2.15. The van der Waals surface area contributed by atoms with Gasteiger partial charge in [-0.2, -0.15) is 0 Å². The summed E-state index contributed by atoms with van der Waals surface area (Å²) < 4.78 is 0. The number of carbonyl (C=O) groups excluding carboxylic acids is 2. The van der Waals surface area contributed by atoms with Crippen LogP contribution in [-0.2, 0) is 16.0 Å². The molecule has 1 aromatic rings. The summed E-state index contributed by atoms with van der Waals surface area (Å²) in [5.41, 5.74) is 1.24. The Labute approximate surface area is 194 Å². The van der Waals surface area contributed by atoms with Crippen LogP contribution in [0, 0.1) is 11.8 Å². The molecule has 32 heavy (non-hydrogen) atoms. The third-order valence-corrected chi connectivity index (χ3v) is 6.59. The van der Waals surface area contributed by atoms with Crippen LogP contribution in [0.1, 0.15) is 89.5 Å². The first kappa shape index (κ1) is 26.3. The molecule has 178 valence electrons. The van der Waals surface area contributed by atoms with Crippen molar-refractivity contribution in [2.75, 3.05) is 6.54 Å². The van der Waals surface area contributed by atoms with Gasteiger partial charge in [0.1, 0.15) is 5.78 Å². The lowest BCUT2D eigenvalue weighted by Crippen LogP contribution is -2.25. The average molecular weight is 442 g/mol. The molecule has 2 rings (SSSR count). The third kappa shape index (κ3) is 10.6. The fourth-order valence-electron chi connectivity index (χ4n) is 4.59. The van der Waals surface area contributed by atoms with Gasteiger partial charge in [-0.1, -0.05) is 87.9 Å². The molecule has 1 fully saturated rings. The average Bonchev–Trinajstić information content (AvgIpc) is 3.15. The van der Waals surface area contributed by atoms with Crippen LogP contribution in [0.4, 0.5) is 0 Å². The number of aliphatic hydroxyl groups is 1. The second kappa shape index (κ2) is 15.8. The summed E-state index contributed by atoms with van der Waals surface area (Å²) in [6.07, 6.45) is 15.9. The van der Waals surface area contributed by atoms with E-state index in [0.717, 1.165) is 70.6 Å². The first-order valence-electron chi connectivity index (χ1n) is 12.8. The normalized spacial score (nSPS) is 19.5. The Morgan fingerprint density at radius 2 is 1.91 bits per heavy atom. The van der Waals surface area contributed by atoms with E-state index in [1.807, 2.05) is 24.3 Å². The number of carbonyl (C=O) groups is 2. The first-order valence-corrected chi connectivity index (χ1v) is 12.8. The van der Waals surface area contributed by atoms with E-state index in [-0.39, 0.29) is 17.9 Å². The van der Waals surface area contributed by atoms with Crippen LogP contribution in [0.5, 0.6) is 0 Å². The van der Waals surface area contributed by atoms with Gasteiger partial charge in [0.2, 0.25) is 5.91 Å². The van der Waals surface area contributed by atoms with Crippen molar-refractivity contribution in [3.05, 3.63) is 48.0 Å². The van der Waals surface area contributed by atoms with Crippen LogP contribution in [0.25, 0.3) is 0 Å². The molecule has 0 bridgehead atoms. The molecule has 0 unspecified atom stereocenters. The van der Waals surface area contributed by atoms with Gasteiger partial charge >= 0.3 is 0 Å². The van der Waals surface area contributed by atoms with Crippen LogP contribution in [0.15, 0.2) is 42.5 Å². The van der Waals surface area contributed by atoms with Gasteiger partial charge in [0.25, 0.3) is 0 Å². The van der Waals surface area contributed by atoms with Crippen molar-refractivity contribution >= 4 is 11.7 Å². The van der Waals surface area contributed by atoms with Gasteiger partial charge in [0, 0.05) is 25.3 Å². The summed E-state index contributed by atoms with van der Waals surface area (Å²) in [6, 6.07) is 10.2. The SMILES string of the molecule is CCCCC[C@@H](O)C=C[C@H]1CCC(=O)[C@@H]1CCCCCCC(=O)NCCc1ccccc1. The number of ketones is 1. The van der Waals surface area contributed by atoms with Gasteiger partial charge in [0.05, 0.1) is 6.10 Å². The Hall–Kier alpha value is -1.94. The number of benzene rings is 1. The van der Waals surface area contributed by atoms with Gasteiger partial charge in [-0.05, 0) is 43.6 Å². The van der Waals surface area contributed by atoms with Gasteiger partial charge < -0.3 is 10.4 Å². The standard InChI is InChI=1S/C28H43NO3/c1-2-3-7-14-25(30)19-17-24-18-20-27(31)26(24)15-10-4-5-11-16-28(32)29-22-21-23-12-8-6-9-13-23/h6,8-9,12-13,17,19,24-26,30H,2-5,7,10-11,14-16,18,20-22H2,1H3,(H,29,32)/t24-,25+,26+/m0/s1. The summed E-state index contributed by atoms with van der Waals surface area (Å²) >= 11 is 0. The highest BCUT2D eigenvalue weighted by atomic mass is 16.3. The summed E-state index contributed by atoms with van der Waals surface area (Å²) in [5, 5.41) is 13.1. The van der Waals surface area contributed by atoms with E-state index in [9.17, 15) is 14.7 Å². The van der Waals surface area contributed by atoms with Crippen LogP contribution < -0.4 is 5.32 Å². The van der Waals surface area contributed by atoms with E-state index in [1.165, 1.54) is 5.56 Å². The van der Waals surface area contributed by atoms with Crippen molar-refractivity contribution in [2.45, 2.75) is 96.5 Å². The molecular formula is C28H43NO3. The van der Waals surface area contributed by atoms with Gasteiger partial charge in [-0.3, -0.25) is 9.59 Å². The molecule has 4 heteroatoms. The highest BCUT2D eigenvalue weighted by molar-refractivity contribution is 5.83. The van der Waals surface area contributed by atoms with Crippen molar-refractivity contribution in [2.24, 2.45) is 11.8 Å². The zero-order valence-electron chi connectivity index (χ0n) is 19.9. The molecule has 0 saturated heterocycles. The maximum atomic E-state index is 12.3. The van der Waals surface area contributed by atoms with Crippen LogP contribution in [-0.4, -0.2) is 29.4 Å². The van der Waals surface area contributed by atoms with E-state index >= 15 is 0 Å². The second-order valence-corrected chi connectivity index (χ2v) is 9.26. The van der Waals surface area contributed by atoms with E-state index in [1.54, 1.807) is 0 Å². The van der Waals surface area contributed by atoms with Crippen molar-refractivity contribution in [1.82, 2.24) is 5.32 Å². The first-order chi connectivity index (χ1) is 15.6. The van der Waals surface area contributed by atoms with Gasteiger partial charge in [-0.15, -0.1) is 0 Å². The predicted octanol–water partition coefficient (Wildman–Crippen LogP) is 5.78. The molecule has 0 spiro atoms. The Balaban J connectivity index is 1.54. The number of rotatable bonds is 16. The fourth-order valence-corrected chi connectivity index (χ4v) is 4.59. The quantitative estimate of drug-likeness (QED) is 0.252. The Morgan fingerprint density at radius 3 is 2.69 bits per heavy atom. The minimum absolute atomic E-state index is 0.121. The molecule has 2 N–H and O–H groups in total. The molecule has 3 atom stereocenters. The molecule has 1 saturated carbocycles. The zero-order valence-corrected chi connectivity index (χ0v) is 19.9. The molecule has 1 aliphatic carbocycles. The van der Waals surface area contributed by atoms with Crippen LogP contribution in [0.3, 0.4) is 0 Å². The van der Waals surface area contributed by atoms with E-state index in [0.29, 0.717) is 31.1 Å². The lowest BCUT2D eigenvalue weighted by atomic mass is 9.89. The van der Waals surface area contributed by atoms with Crippen molar-refractivity contribution < 1.29 is 14.7 Å². The largest absolute Gasteiger partial charge is 0.389 e. The second-order valence-electron chi connectivity index (χ2n) is 9.26. The molecule has 0 aromatic heterocycles. The number of amides is 1. The van der Waals surface area contributed by atoms with Gasteiger partial charge in [-0.25, -0.2) is 0 Å². The van der Waals surface area contributed by atoms with Gasteiger partial charge in [0.15, 0.2) is 0 Å². The lowest BCUT2D eigenvalue weighted by molar-refractivity contribution is -0.121. The smallest absolute Gasteiger partial charge is 0.220 e. The van der Waals surface area contributed by atoms with E-state index in [2.05, 4.69) is 30.4 Å². The fraction of sp³-hybridized carbons (Fsp3) is 0.643. The highest BCUT2D eigenvalue weighted by Crippen LogP contribution is 2.34. The summed E-state index contributed by atoms with van der Waals surface area (Å²) in [6.45, 7) is 2.85. The summed E-state index contributed by atoms with van der Waals surface area (Å²) in [4.78, 5) is 24.3.